The van der Waals surface area contributed by atoms with Crippen LogP contribution in [0.1, 0.15) is 28.3 Å². The lowest BCUT2D eigenvalue weighted by molar-refractivity contribution is -0.682. The van der Waals surface area contributed by atoms with Gasteiger partial charge in [-0.15, -0.1) is 0 Å². The van der Waals surface area contributed by atoms with Gasteiger partial charge in [-0.25, -0.2) is 0 Å². The van der Waals surface area contributed by atoms with Crippen molar-refractivity contribution >= 4 is 11.6 Å². The number of nitrogens with two attached hydrogens (primary N) is 1. The fourth-order valence-electron chi connectivity index (χ4n) is 3.59. The smallest absolute Gasteiger partial charge is 0.287 e. The molecule has 0 saturated heterocycles. The summed E-state index contributed by atoms with van der Waals surface area (Å²) in [5.74, 6) is 1.41. The summed E-state index contributed by atoms with van der Waals surface area (Å²) < 4.78 is 10.7. The van der Waals surface area contributed by atoms with Gasteiger partial charge in [0.2, 0.25) is 0 Å². The molecular weight excluding hydrogens is 388 g/mol. The second-order valence-electron chi connectivity index (χ2n) is 7.66. The number of rotatable bonds is 9. The molecule has 162 valence electrons. The van der Waals surface area contributed by atoms with Gasteiger partial charge in [0, 0.05) is 17.7 Å². The Hall–Kier alpha value is -3.31. The van der Waals surface area contributed by atoms with Gasteiger partial charge in [-0.2, -0.15) is 0 Å². The molecule has 5 heteroatoms. The molecule has 0 fully saturated rings. The first-order valence-corrected chi connectivity index (χ1v) is 10.5. The maximum absolute atomic E-state index is 13.2. The van der Waals surface area contributed by atoms with Gasteiger partial charge in [0.1, 0.15) is 0 Å². The number of benzene rings is 3. The van der Waals surface area contributed by atoms with Crippen molar-refractivity contribution in [2.45, 2.75) is 26.3 Å². The Kier molecular flexibility index (Phi) is 7.68. The van der Waals surface area contributed by atoms with E-state index in [2.05, 4.69) is 16.7 Å². The molecule has 5 nitrogen and oxygen atoms in total. The van der Waals surface area contributed by atoms with Gasteiger partial charge in [0.05, 0.1) is 20.8 Å². The monoisotopic (exact) mass is 419 g/mol. The zero-order valence-electron chi connectivity index (χ0n) is 18.6. The van der Waals surface area contributed by atoms with E-state index in [4.69, 9.17) is 9.47 Å². The van der Waals surface area contributed by atoms with Gasteiger partial charge in [-0.3, -0.25) is 4.79 Å². The van der Waals surface area contributed by atoms with E-state index in [0.29, 0.717) is 11.5 Å². The number of carbonyl (C=O) groups excluding carboxylic acids is 1. The molecule has 3 aromatic carbocycles. The van der Waals surface area contributed by atoms with Crippen LogP contribution in [0.4, 0.5) is 5.69 Å². The molecule has 0 aliphatic heterocycles. The number of ether oxygens (including phenoxy) is 2. The van der Waals surface area contributed by atoms with E-state index < -0.39 is 0 Å². The van der Waals surface area contributed by atoms with Crippen LogP contribution in [-0.2, 0) is 11.2 Å². The molecule has 0 spiro atoms. The highest BCUT2D eigenvalue weighted by Crippen LogP contribution is 2.27. The number of amides is 1. The number of quaternary nitrogens is 1. The van der Waals surface area contributed by atoms with Crippen molar-refractivity contribution in [3.63, 3.8) is 0 Å². The van der Waals surface area contributed by atoms with Crippen LogP contribution in [0.3, 0.4) is 0 Å². The zero-order chi connectivity index (χ0) is 22.2. The fourth-order valence-corrected chi connectivity index (χ4v) is 3.59. The predicted octanol–water partition coefficient (Wildman–Crippen LogP) is 3.81. The Morgan fingerprint density at radius 3 is 2.39 bits per heavy atom. The molecule has 0 unspecified atom stereocenters. The summed E-state index contributed by atoms with van der Waals surface area (Å²) in [4.78, 5) is 13.2. The van der Waals surface area contributed by atoms with Crippen LogP contribution in [0.2, 0.25) is 0 Å². The van der Waals surface area contributed by atoms with Gasteiger partial charge in [-0.1, -0.05) is 48.5 Å². The lowest BCUT2D eigenvalue weighted by atomic mass is 10.0. The molecule has 31 heavy (non-hydrogen) atoms. The average molecular weight is 420 g/mol. The lowest BCUT2D eigenvalue weighted by Crippen LogP contribution is -2.87. The molecule has 0 radical (unpaired) electrons. The van der Waals surface area contributed by atoms with Crippen LogP contribution in [0.25, 0.3) is 0 Å². The van der Waals surface area contributed by atoms with Crippen LogP contribution < -0.4 is 20.1 Å². The van der Waals surface area contributed by atoms with Crippen molar-refractivity contribution in [2.75, 3.05) is 26.1 Å². The summed E-state index contributed by atoms with van der Waals surface area (Å²) in [5.41, 5.74) is 5.15. The van der Waals surface area contributed by atoms with Gasteiger partial charge < -0.3 is 20.1 Å². The number of nitrogens with one attached hydrogen (secondary N) is 1. The molecule has 0 aliphatic carbocycles. The van der Waals surface area contributed by atoms with Crippen molar-refractivity contribution in [3.8, 4) is 11.5 Å². The molecule has 1 atom stereocenters. The topological polar surface area (TPSA) is 64.2 Å². The second-order valence-corrected chi connectivity index (χ2v) is 7.66. The summed E-state index contributed by atoms with van der Waals surface area (Å²) in [7, 11) is 3.27. The molecule has 3 N–H and O–H groups in total. The Labute approximate surface area is 184 Å². The van der Waals surface area contributed by atoms with E-state index in [0.717, 1.165) is 40.9 Å². The van der Waals surface area contributed by atoms with Crippen LogP contribution in [0.5, 0.6) is 11.5 Å². The van der Waals surface area contributed by atoms with Gasteiger partial charge >= 0.3 is 0 Å². The zero-order valence-corrected chi connectivity index (χ0v) is 18.6. The minimum atomic E-state index is -0.332. The molecule has 0 aliphatic rings. The predicted molar refractivity (Wildman–Crippen MR) is 124 cm³/mol. The number of methoxy groups -OCH3 is 2. The Morgan fingerprint density at radius 1 is 0.935 bits per heavy atom. The van der Waals surface area contributed by atoms with E-state index in [1.54, 1.807) is 14.2 Å². The number of hydrogen-bond donors (Lipinski definition) is 2. The van der Waals surface area contributed by atoms with E-state index in [1.807, 2.05) is 74.5 Å². The minimum absolute atomic E-state index is 0.0211. The maximum atomic E-state index is 13.2. The SMILES string of the molecule is COc1ccc(CC[NH2+][C@@H](C(=O)Nc2cc(C)ccc2C)c2ccccc2)cc1OC. The quantitative estimate of drug-likeness (QED) is 0.554. The maximum Gasteiger partial charge on any atom is 0.287 e. The van der Waals surface area contributed by atoms with E-state index >= 15 is 0 Å². The second kappa shape index (κ2) is 10.6. The van der Waals surface area contributed by atoms with Gasteiger partial charge in [0.15, 0.2) is 17.5 Å². The van der Waals surface area contributed by atoms with E-state index in [9.17, 15) is 4.79 Å². The van der Waals surface area contributed by atoms with Crippen molar-refractivity contribution in [3.05, 3.63) is 89.0 Å². The average Bonchev–Trinajstić information content (AvgIpc) is 2.79. The number of carbonyl (C=O) groups is 1. The third-order valence-corrected chi connectivity index (χ3v) is 5.38. The van der Waals surface area contributed by atoms with Crippen LogP contribution in [0, 0.1) is 13.8 Å². The van der Waals surface area contributed by atoms with Gasteiger partial charge in [0.25, 0.3) is 5.91 Å². The summed E-state index contributed by atoms with van der Waals surface area (Å²) in [6.07, 6.45) is 0.806. The van der Waals surface area contributed by atoms with E-state index in [-0.39, 0.29) is 11.9 Å². The van der Waals surface area contributed by atoms with Crippen LogP contribution in [-0.4, -0.2) is 26.7 Å². The molecule has 0 saturated carbocycles. The van der Waals surface area contributed by atoms with Crippen LogP contribution >= 0.6 is 0 Å². The minimum Gasteiger partial charge on any atom is -0.493 e. The molecule has 3 aromatic rings. The fraction of sp³-hybridized carbons (Fsp3) is 0.269. The van der Waals surface area contributed by atoms with Crippen molar-refractivity contribution < 1.29 is 19.6 Å². The third kappa shape index (κ3) is 5.86. The molecule has 0 bridgehead atoms. The molecule has 1 amide bonds. The van der Waals surface area contributed by atoms with Crippen LogP contribution in [0.15, 0.2) is 66.7 Å². The Balaban J connectivity index is 1.73. The van der Waals surface area contributed by atoms with Crippen molar-refractivity contribution in [1.29, 1.82) is 0 Å². The summed E-state index contributed by atoms with van der Waals surface area (Å²) in [6.45, 7) is 4.79. The normalized spacial score (nSPS) is 11.6. The lowest BCUT2D eigenvalue weighted by Gasteiger charge is -2.17. The standard InChI is InChI=1S/C26H30N2O3/c1-18-10-11-19(2)22(16-18)28-26(29)25(21-8-6-5-7-9-21)27-15-14-20-12-13-23(30-3)24(17-20)31-4/h5-13,16-17,25,27H,14-15H2,1-4H3,(H,28,29)/p+1/t25-/m1/s1. The number of anilines is 1. The molecule has 0 heterocycles. The summed E-state index contributed by atoms with van der Waals surface area (Å²) >= 11 is 0. The highest BCUT2D eigenvalue weighted by atomic mass is 16.5. The van der Waals surface area contributed by atoms with E-state index in [1.165, 1.54) is 0 Å². The number of aryl methyl sites for hydroxylation is 2. The third-order valence-electron chi connectivity index (χ3n) is 5.38. The summed E-state index contributed by atoms with van der Waals surface area (Å²) in [5, 5.41) is 5.21. The summed E-state index contributed by atoms with van der Waals surface area (Å²) in [6, 6.07) is 21.6. The molecule has 0 aromatic heterocycles. The Bertz CT molecular complexity index is 1020. The van der Waals surface area contributed by atoms with Crippen molar-refractivity contribution in [1.82, 2.24) is 0 Å². The number of hydrogen-bond acceptors (Lipinski definition) is 3. The first-order valence-electron chi connectivity index (χ1n) is 10.5. The first-order chi connectivity index (χ1) is 15.0. The molecular formula is C26H31N2O3+. The highest BCUT2D eigenvalue weighted by molar-refractivity contribution is 5.95. The first kappa shape index (κ1) is 22.4. The van der Waals surface area contributed by atoms with Gasteiger partial charge in [-0.05, 0) is 48.7 Å². The Morgan fingerprint density at radius 2 is 1.68 bits per heavy atom. The largest absolute Gasteiger partial charge is 0.493 e. The molecule has 3 rings (SSSR count). The highest BCUT2D eigenvalue weighted by Gasteiger charge is 2.24. The van der Waals surface area contributed by atoms with Crippen molar-refractivity contribution in [2.24, 2.45) is 0 Å².